The summed E-state index contributed by atoms with van der Waals surface area (Å²) in [6.45, 7) is 3.89. The fraction of sp³-hybridized carbons (Fsp3) is 0.667. The maximum absolute atomic E-state index is 12.3. The molecular formula is C12H21N3O3S. The van der Waals surface area contributed by atoms with Gasteiger partial charge < -0.3 is 9.67 Å². The zero-order valence-electron chi connectivity index (χ0n) is 11.2. The lowest BCUT2D eigenvalue weighted by Gasteiger charge is -2.26. The number of aliphatic hydroxyl groups is 1. The van der Waals surface area contributed by atoms with Gasteiger partial charge in [-0.3, -0.25) is 0 Å². The van der Waals surface area contributed by atoms with Crippen molar-refractivity contribution in [2.45, 2.75) is 44.2 Å². The lowest BCUT2D eigenvalue weighted by atomic mass is 10.2. The smallest absolute Gasteiger partial charge is 0.254 e. The number of hydrazine groups is 1. The van der Waals surface area contributed by atoms with Crippen molar-refractivity contribution >= 4 is 10.0 Å². The number of rotatable bonds is 5. The first-order chi connectivity index (χ1) is 9.06. The molecular weight excluding hydrogens is 266 g/mol. The van der Waals surface area contributed by atoms with Crippen LogP contribution in [-0.2, 0) is 23.2 Å². The van der Waals surface area contributed by atoms with Gasteiger partial charge in [0.2, 0.25) is 0 Å². The standard InChI is InChI=1S/C12H21N3O3S/c1-2-14-9-12(8-11(14)10-16)19(17,18)13-15-6-4-3-5-7-15/h8-9,13,16H,2-7,10H2,1H3. The highest BCUT2D eigenvalue weighted by Crippen LogP contribution is 2.16. The Labute approximate surface area is 114 Å². The van der Waals surface area contributed by atoms with Crippen LogP contribution in [0.2, 0.25) is 0 Å². The van der Waals surface area contributed by atoms with Crippen LogP contribution in [0.3, 0.4) is 0 Å². The van der Waals surface area contributed by atoms with Crippen molar-refractivity contribution in [3.05, 3.63) is 18.0 Å². The third kappa shape index (κ3) is 3.36. The molecule has 1 fully saturated rings. The number of nitrogens with zero attached hydrogens (tertiary/aromatic N) is 2. The number of piperidine rings is 1. The van der Waals surface area contributed by atoms with Gasteiger partial charge in [0.25, 0.3) is 10.0 Å². The van der Waals surface area contributed by atoms with Gasteiger partial charge in [0.05, 0.1) is 6.61 Å². The van der Waals surface area contributed by atoms with Gasteiger partial charge in [0.15, 0.2) is 0 Å². The molecule has 7 heteroatoms. The molecule has 1 saturated heterocycles. The minimum Gasteiger partial charge on any atom is -0.390 e. The summed E-state index contributed by atoms with van der Waals surface area (Å²) in [6.07, 6.45) is 4.75. The molecule has 0 saturated carbocycles. The van der Waals surface area contributed by atoms with E-state index in [9.17, 15) is 13.5 Å². The first-order valence-electron chi connectivity index (χ1n) is 6.64. The molecule has 1 aliphatic rings. The van der Waals surface area contributed by atoms with Gasteiger partial charge in [-0.1, -0.05) is 6.42 Å². The van der Waals surface area contributed by atoms with Crippen LogP contribution >= 0.6 is 0 Å². The van der Waals surface area contributed by atoms with E-state index in [-0.39, 0.29) is 11.5 Å². The molecule has 6 nitrogen and oxygen atoms in total. The number of hydrogen-bond acceptors (Lipinski definition) is 4. The van der Waals surface area contributed by atoms with E-state index in [1.807, 2.05) is 6.92 Å². The number of aryl methyl sites for hydroxylation is 1. The quantitative estimate of drug-likeness (QED) is 0.835. The molecule has 2 heterocycles. The molecule has 0 atom stereocenters. The van der Waals surface area contributed by atoms with Crippen LogP contribution in [0.25, 0.3) is 0 Å². The van der Waals surface area contributed by atoms with Crippen molar-refractivity contribution in [2.75, 3.05) is 13.1 Å². The fourth-order valence-corrected chi connectivity index (χ4v) is 3.49. The van der Waals surface area contributed by atoms with Crippen LogP contribution in [0.1, 0.15) is 31.9 Å². The highest BCUT2D eigenvalue weighted by Gasteiger charge is 2.22. The summed E-state index contributed by atoms with van der Waals surface area (Å²) in [6, 6.07) is 1.52. The van der Waals surface area contributed by atoms with Crippen molar-refractivity contribution in [3.63, 3.8) is 0 Å². The number of hydrogen-bond donors (Lipinski definition) is 2. The molecule has 0 aromatic carbocycles. The summed E-state index contributed by atoms with van der Waals surface area (Å²) in [5.41, 5.74) is 0.613. The van der Waals surface area contributed by atoms with Crippen LogP contribution in [0, 0.1) is 0 Å². The Kier molecular flexibility index (Phi) is 4.62. The van der Waals surface area contributed by atoms with E-state index in [1.54, 1.807) is 15.8 Å². The highest BCUT2D eigenvalue weighted by atomic mass is 32.2. The molecule has 0 aliphatic carbocycles. The van der Waals surface area contributed by atoms with E-state index in [0.29, 0.717) is 12.2 Å². The van der Waals surface area contributed by atoms with E-state index in [4.69, 9.17) is 0 Å². The molecule has 108 valence electrons. The number of aromatic nitrogens is 1. The minimum absolute atomic E-state index is 0.160. The monoisotopic (exact) mass is 287 g/mol. The Bertz CT molecular complexity index is 497. The Morgan fingerprint density at radius 3 is 2.53 bits per heavy atom. The fourth-order valence-electron chi connectivity index (χ4n) is 2.31. The number of aliphatic hydroxyl groups excluding tert-OH is 1. The Balaban J connectivity index is 2.16. The minimum atomic E-state index is -3.54. The molecule has 1 aliphatic heterocycles. The normalized spacial score (nSPS) is 17.8. The second-order valence-electron chi connectivity index (χ2n) is 4.75. The predicted octanol–water partition coefficient (Wildman–Crippen LogP) is 0.679. The van der Waals surface area contributed by atoms with Crippen molar-refractivity contribution in [1.82, 2.24) is 14.4 Å². The summed E-state index contributed by atoms with van der Waals surface area (Å²) in [7, 11) is -3.54. The number of sulfonamides is 1. The van der Waals surface area contributed by atoms with Crippen LogP contribution in [0.4, 0.5) is 0 Å². The van der Waals surface area contributed by atoms with E-state index in [1.165, 1.54) is 6.07 Å². The Hall–Kier alpha value is -0.890. The van der Waals surface area contributed by atoms with Crippen LogP contribution in [0.15, 0.2) is 17.2 Å². The van der Waals surface area contributed by atoms with E-state index in [0.717, 1.165) is 32.4 Å². The zero-order valence-corrected chi connectivity index (χ0v) is 12.0. The predicted molar refractivity (Wildman–Crippen MR) is 71.8 cm³/mol. The molecule has 0 spiro atoms. The van der Waals surface area contributed by atoms with Gasteiger partial charge in [-0.25, -0.2) is 13.4 Å². The topological polar surface area (TPSA) is 74.6 Å². The maximum Gasteiger partial charge on any atom is 0.254 e. The van der Waals surface area contributed by atoms with Crippen LogP contribution in [-0.4, -0.2) is 36.2 Å². The average molecular weight is 287 g/mol. The molecule has 19 heavy (non-hydrogen) atoms. The van der Waals surface area contributed by atoms with Gasteiger partial charge in [0, 0.05) is 31.5 Å². The molecule has 2 rings (SSSR count). The summed E-state index contributed by atoms with van der Waals surface area (Å²) in [5, 5.41) is 11.0. The lowest BCUT2D eigenvalue weighted by Crippen LogP contribution is -2.44. The van der Waals surface area contributed by atoms with Crippen LogP contribution < -0.4 is 4.83 Å². The highest BCUT2D eigenvalue weighted by molar-refractivity contribution is 7.89. The average Bonchev–Trinajstić information content (AvgIpc) is 2.83. The second-order valence-corrected chi connectivity index (χ2v) is 6.41. The first-order valence-corrected chi connectivity index (χ1v) is 8.12. The summed E-state index contributed by atoms with van der Waals surface area (Å²) >= 11 is 0. The molecule has 0 unspecified atom stereocenters. The van der Waals surface area contributed by atoms with Crippen molar-refractivity contribution in [1.29, 1.82) is 0 Å². The van der Waals surface area contributed by atoms with Gasteiger partial charge in [-0.05, 0) is 25.8 Å². The maximum atomic E-state index is 12.3. The molecule has 1 aromatic rings. The third-order valence-corrected chi connectivity index (χ3v) is 4.72. The van der Waals surface area contributed by atoms with E-state index >= 15 is 0 Å². The van der Waals surface area contributed by atoms with Crippen LogP contribution in [0.5, 0.6) is 0 Å². The largest absolute Gasteiger partial charge is 0.390 e. The molecule has 1 aromatic heterocycles. The third-order valence-electron chi connectivity index (χ3n) is 3.38. The van der Waals surface area contributed by atoms with Crippen molar-refractivity contribution in [3.8, 4) is 0 Å². The second kappa shape index (κ2) is 6.04. The van der Waals surface area contributed by atoms with E-state index < -0.39 is 10.0 Å². The molecule has 0 radical (unpaired) electrons. The summed E-state index contributed by atoms with van der Waals surface area (Å²) in [5.74, 6) is 0. The molecule has 0 amide bonds. The van der Waals surface area contributed by atoms with E-state index in [2.05, 4.69) is 4.83 Å². The van der Waals surface area contributed by atoms with Gasteiger partial charge in [-0.15, -0.1) is 4.83 Å². The number of nitrogens with one attached hydrogen (secondary N) is 1. The van der Waals surface area contributed by atoms with Crippen molar-refractivity contribution < 1.29 is 13.5 Å². The van der Waals surface area contributed by atoms with Gasteiger partial charge in [-0.2, -0.15) is 0 Å². The summed E-state index contributed by atoms with van der Waals surface area (Å²) in [4.78, 5) is 2.82. The van der Waals surface area contributed by atoms with Gasteiger partial charge >= 0.3 is 0 Å². The lowest BCUT2D eigenvalue weighted by molar-refractivity contribution is 0.200. The Morgan fingerprint density at radius 1 is 1.32 bits per heavy atom. The van der Waals surface area contributed by atoms with Crippen molar-refractivity contribution in [2.24, 2.45) is 0 Å². The molecule has 2 N–H and O–H groups in total. The zero-order chi connectivity index (χ0) is 13.9. The molecule has 0 bridgehead atoms. The first kappa shape index (κ1) is 14.5. The van der Waals surface area contributed by atoms with Gasteiger partial charge in [0.1, 0.15) is 4.90 Å². The summed E-state index contributed by atoms with van der Waals surface area (Å²) < 4.78 is 26.2. The SMILES string of the molecule is CCn1cc(S(=O)(=O)NN2CCCCC2)cc1CO. The Morgan fingerprint density at radius 2 is 2.00 bits per heavy atom.